The van der Waals surface area contributed by atoms with E-state index in [4.69, 9.17) is 4.74 Å². The van der Waals surface area contributed by atoms with E-state index in [1.807, 2.05) is 12.1 Å². The maximum atomic E-state index is 12.8. The van der Waals surface area contributed by atoms with Gasteiger partial charge in [-0.15, -0.1) is 0 Å². The summed E-state index contributed by atoms with van der Waals surface area (Å²) in [5.41, 5.74) is 1.63. The van der Waals surface area contributed by atoms with Crippen LogP contribution in [0.3, 0.4) is 0 Å². The maximum Gasteiger partial charge on any atom is 0.255 e. The Labute approximate surface area is 131 Å². The van der Waals surface area contributed by atoms with Gasteiger partial charge in [-0.2, -0.15) is 0 Å². The van der Waals surface area contributed by atoms with E-state index < -0.39 is 0 Å². The highest BCUT2D eigenvalue weighted by molar-refractivity contribution is 5.97. The molecular weight excluding hydrogens is 276 g/mol. The molecule has 4 aliphatic heterocycles. The second kappa shape index (κ2) is 4.98. The molecule has 4 heterocycles. The maximum absolute atomic E-state index is 12.8. The standard InChI is InChI=1S/C18H24N2O2/c1-18(2)10-13-4-3-5-14(16(13)22-18)17(21)19-15-11-20-8-6-12(15)7-9-20/h3-5,12,15H,6-11H2,1-2H3,(H,19,21). The van der Waals surface area contributed by atoms with Crippen LogP contribution in [0.5, 0.6) is 5.75 Å². The van der Waals surface area contributed by atoms with Crippen LogP contribution in [0.4, 0.5) is 0 Å². The molecule has 0 saturated carbocycles. The predicted molar refractivity (Wildman–Crippen MR) is 85.3 cm³/mol. The summed E-state index contributed by atoms with van der Waals surface area (Å²) in [4.78, 5) is 15.2. The lowest BCUT2D eigenvalue weighted by atomic mass is 9.84. The van der Waals surface area contributed by atoms with Crippen molar-refractivity contribution in [1.29, 1.82) is 0 Å². The summed E-state index contributed by atoms with van der Waals surface area (Å²) in [6, 6.07) is 6.21. The molecule has 1 aromatic carbocycles. The van der Waals surface area contributed by atoms with E-state index in [2.05, 4.69) is 30.1 Å². The van der Waals surface area contributed by atoms with Crippen molar-refractivity contribution in [1.82, 2.24) is 10.2 Å². The number of hydrogen-bond donors (Lipinski definition) is 1. The van der Waals surface area contributed by atoms with Crippen molar-refractivity contribution in [3.8, 4) is 5.75 Å². The van der Waals surface area contributed by atoms with Gasteiger partial charge in [-0.25, -0.2) is 0 Å². The summed E-state index contributed by atoms with van der Waals surface area (Å²) in [5, 5.41) is 3.26. The summed E-state index contributed by atoms with van der Waals surface area (Å²) < 4.78 is 6.03. The number of para-hydroxylation sites is 1. The van der Waals surface area contributed by atoms with E-state index in [1.54, 1.807) is 0 Å². The number of piperidine rings is 3. The molecule has 2 bridgehead atoms. The van der Waals surface area contributed by atoms with Gasteiger partial charge in [0, 0.05) is 19.0 Å². The Morgan fingerprint density at radius 2 is 2.09 bits per heavy atom. The van der Waals surface area contributed by atoms with Crippen molar-refractivity contribution < 1.29 is 9.53 Å². The predicted octanol–water partition coefficient (Wildman–Crippen LogP) is 2.22. The molecule has 0 spiro atoms. The minimum absolute atomic E-state index is 0.0216. The van der Waals surface area contributed by atoms with Crippen LogP contribution in [0.25, 0.3) is 0 Å². The van der Waals surface area contributed by atoms with Crippen LogP contribution < -0.4 is 10.1 Å². The SMILES string of the molecule is CC1(C)Cc2cccc(C(=O)NC3CN4CCC3CC4)c2O1. The van der Waals surface area contributed by atoms with Crippen LogP contribution in [0, 0.1) is 5.92 Å². The molecule has 0 aromatic heterocycles. The average Bonchev–Trinajstić information content (AvgIpc) is 2.82. The number of nitrogens with zero attached hydrogens (tertiary/aromatic N) is 1. The molecule has 4 aliphatic rings. The van der Waals surface area contributed by atoms with Gasteiger partial charge in [-0.1, -0.05) is 12.1 Å². The van der Waals surface area contributed by atoms with Gasteiger partial charge >= 0.3 is 0 Å². The summed E-state index contributed by atoms with van der Waals surface area (Å²) in [6.07, 6.45) is 3.28. The second-order valence-electron chi connectivity index (χ2n) is 7.55. The van der Waals surface area contributed by atoms with Gasteiger partial charge in [-0.05, 0) is 57.3 Å². The fourth-order valence-electron chi connectivity index (χ4n) is 4.17. The van der Waals surface area contributed by atoms with Crippen molar-refractivity contribution >= 4 is 5.91 Å². The molecule has 1 unspecified atom stereocenters. The molecule has 118 valence electrons. The number of carbonyl (C=O) groups is 1. The number of carbonyl (C=O) groups excluding carboxylic acids is 1. The number of benzene rings is 1. The zero-order chi connectivity index (χ0) is 15.3. The van der Waals surface area contributed by atoms with Gasteiger partial charge in [0.25, 0.3) is 5.91 Å². The van der Waals surface area contributed by atoms with Gasteiger partial charge in [0.05, 0.1) is 5.56 Å². The van der Waals surface area contributed by atoms with Crippen LogP contribution >= 0.6 is 0 Å². The minimum atomic E-state index is -0.214. The lowest BCUT2D eigenvalue weighted by Crippen LogP contribution is -2.57. The van der Waals surface area contributed by atoms with Crippen molar-refractivity contribution in [2.45, 2.75) is 44.8 Å². The quantitative estimate of drug-likeness (QED) is 0.910. The second-order valence-corrected chi connectivity index (χ2v) is 7.55. The van der Waals surface area contributed by atoms with E-state index in [0.29, 0.717) is 17.5 Å². The van der Waals surface area contributed by atoms with Crippen LogP contribution in [0.1, 0.15) is 42.6 Å². The van der Waals surface area contributed by atoms with Gasteiger partial charge < -0.3 is 15.0 Å². The topological polar surface area (TPSA) is 41.6 Å². The molecule has 1 atom stereocenters. The number of amides is 1. The van der Waals surface area contributed by atoms with E-state index in [0.717, 1.165) is 24.3 Å². The fraction of sp³-hybridized carbons (Fsp3) is 0.611. The number of nitrogens with one attached hydrogen (secondary N) is 1. The highest BCUT2D eigenvalue weighted by Gasteiger charge is 2.37. The summed E-state index contributed by atoms with van der Waals surface area (Å²) >= 11 is 0. The van der Waals surface area contributed by atoms with Crippen molar-refractivity contribution in [3.63, 3.8) is 0 Å². The van der Waals surface area contributed by atoms with E-state index >= 15 is 0 Å². The highest BCUT2D eigenvalue weighted by atomic mass is 16.5. The molecule has 3 fully saturated rings. The van der Waals surface area contributed by atoms with Crippen molar-refractivity contribution in [2.24, 2.45) is 5.92 Å². The van der Waals surface area contributed by atoms with E-state index in [1.165, 1.54) is 25.9 Å². The smallest absolute Gasteiger partial charge is 0.255 e. The monoisotopic (exact) mass is 300 g/mol. The Morgan fingerprint density at radius 1 is 1.32 bits per heavy atom. The summed E-state index contributed by atoms with van der Waals surface area (Å²) in [6.45, 7) is 7.52. The molecule has 1 amide bonds. The summed E-state index contributed by atoms with van der Waals surface area (Å²) in [5.74, 6) is 1.45. The number of rotatable bonds is 2. The molecule has 4 heteroatoms. The zero-order valence-electron chi connectivity index (χ0n) is 13.4. The Morgan fingerprint density at radius 3 is 2.77 bits per heavy atom. The van der Waals surface area contributed by atoms with Crippen LogP contribution in [0.2, 0.25) is 0 Å². The minimum Gasteiger partial charge on any atom is -0.486 e. The van der Waals surface area contributed by atoms with Gasteiger partial charge in [0.1, 0.15) is 11.4 Å². The molecule has 0 radical (unpaired) electrons. The van der Waals surface area contributed by atoms with Crippen molar-refractivity contribution in [3.05, 3.63) is 29.3 Å². The first kappa shape index (κ1) is 14.1. The number of ether oxygens (including phenoxy) is 1. The molecule has 3 saturated heterocycles. The number of fused-ring (bicyclic) bond motifs is 4. The van der Waals surface area contributed by atoms with Crippen LogP contribution in [-0.4, -0.2) is 42.1 Å². The zero-order valence-corrected chi connectivity index (χ0v) is 13.4. The first-order chi connectivity index (χ1) is 10.5. The average molecular weight is 300 g/mol. The lowest BCUT2D eigenvalue weighted by Gasteiger charge is -2.44. The van der Waals surface area contributed by atoms with E-state index in [9.17, 15) is 4.79 Å². The molecule has 1 aromatic rings. The normalized spacial score (nSPS) is 31.5. The van der Waals surface area contributed by atoms with Crippen LogP contribution in [0.15, 0.2) is 18.2 Å². The molecule has 0 aliphatic carbocycles. The fourth-order valence-corrected chi connectivity index (χ4v) is 4.17. The van der Waals surface area contributed by atoms with Crippen LogP contribution in [-0.2, 0) is 6.42 Å². The van der Waals surface area contributed by atoms with Gasteiger partial charge in [0.15, 0.2) is 0 Å². The molecule has 1 N–H and O–H groups in total. The Bertz CT molecular complexity index is 603. The first-order valence-corrected chi connectivity index (χ1v) is 8.36. The van der Waals surface area contributed by atoms with E-state index in [-0.39, 0.29) is 11.5 Å². The molecule has 22 heavy (non-hydrogen) atoms. The molecular formula is C18H24N2O2. The van der Waals surface area contributed by atoms with Gasteiger partial charge in [0.2, 0.25) is 0 Å². The largest absolute Gasteiger partial charge is 0.486 e. The highest BCUT2D eigenvalue weighted by Crippen LogP contribution is 2.37. The molecule has 5 rings (SSSR count). The molecule has 4 nitrogen and oxygen atoms in total. The number of hydrogen-bond acceptors (Lipinski definition) is 3. The van der Waals surface area contributed by atoms with Gasteiger partial charge in [-0.3, -0.25) is 4.79 Å². The third-order valence-corrected chi connectivity index (χ3v) is 5.31. The Hall–Kier alpha value is -1.55. The first-order valence-electron chi connectivity index (χ1n) is 8.36. The Balaban J connectivity index is 1.54. The third kappa shape index (κ3) is 2.39. The summed E-state index contributed by atoms with van der Waals surface area (Å²) in [7, 11) is 0. The third-order valence-electron chi connectivity index (χ3n) is 5.31. The Kier molecular flexibility index (Phi) is 3.19. The van der Waals surface area contributed by atoms with Crippen molar-refractivity contribution in [2.75, 3.05) is 19.6 Å². The lowest BCUT2D eigenvalue weighted by molar-refractivity contribution is 0.0616.